The molecule has 4 nitrogen and oxygen atoms in total. The summed E-state index contributed by atoms with van der Waals surface area (Å²) in [7, 11) is 0. The highest BCUT2D eigenvalue weighted by atomic mass is 79.9. The van der Waals surface area contributed by atoms with Crippen LogP contribution in [0.25, 0.3) is 0 Å². The number of carboxylic acids is 1. The second-order valence-electron chi connectivity index (χ2n) is 4.50. The molecule has 2 rings (SSSR count). The fourth-order valence-electron chi connectivity index (χ4n) is 1.92. The smallest absolute Gasteiger partial charge is 0.335 e. The van der Waals surface area contributed by atoms with Gasteiger partial charge in [0.25, 0.3) is 5.91 Å². The monoisotopic (exact) mass is 367 g/mol. The number of aromatic carboxylic acids is 1. The summed E-state index contributed by atoms with van der Waals surface area (Å²) in [6.07, 6.45) is 0.895. The summed E-state index contributed by atoms with van der Waals surface area (Å²) in [5.41, 5.74) is 1.89. The van der Waals surface area contributed by atoms with Crippen LogP contribution in [0.2, 0.25) is 0 Å². The summed E-state index contributed by atoms with van der Waals surface area (Å²) in [5, 5.41) is 11.7. The van der Waals surface area contributed by atoms with Crippen LogP contribution in [0, 0.1) is 6.92 Å². The van der Waals surface area contributed by atoms with Gasteiger partial charge in [-0.2, -0.15) is 0 Å². The molecule has 1 amide bonds. The highest BCUT2D eigenvalue weighted by Gasteiger charge is 2.14. The van der Waals surface area contributed by atoms with E-state index in [0.717, 1.165) is 11.3 Å². The van der Waals surface area contributed by atoms with Crippen LogP contribution in [-0.2, 0) is 6.42 Å². The average Bonchev–Trinajstić information content (AvgIpc) is 2.82. The Bertz CT molecular complexity index is 709. The maximum Gasteiger partial charge on any atom is 0.335 e. The number of benzene rings is 1. The Balaban J connectivity index is 2.21. The van der Waals surface area contributed by atoms with Crippen LogP contribution in [0.1, 0.15) is 37.4 Å². The van der Waals surface area contributed by atoms with E-state index in [1.165, 1.54) is 29.0 Å². The third-order valence-electron chi connectivity index (χ3n) is 3.09. The van der Waals surface area contributed by atoms with Gasteiger partial charge in [-0.1, -0.05) is 6.92 Å². The van der Waals surface area contributed by atoms with E-state index in [2.05, 4.69) is 28.2 Å². The molecule has 0 radical (unpaired) electrons. The van der Waals surface area contributed by atoms with Gasteiger partial charge in [0.15, 0.2) is 0 Å². The van der Waals surface area contributed by atoms with Crippen molar-refractivity contribution in [3.8, 4) is 0 Å². The maximum absolute atomic E-state index is 12.2. The number of carbonyl (C=O) groups excluding carboxylic acids is 1. The first-order valence-corrected chi connectivity index (χ1v) is 7.96. The first kappa shape index (κ1) is 15.7. The van der Waals surface area contributed by atoms with Crippen LogP contribution in [-0.4, -0.2) is 17.0 Å². The van der Waals surface area contributed by atoms with Gasteiger partial charge in [-0.15, -0.1) is 11.3 Å². The molecule has 110 valence electrons. The molecule has 0 saturated carbocycles. The van der Waals surface area contributed by atoms with Gasteiger partial charge in [-0.05, 0) is 59.1 Å². The lowest BCUT2D eigenvalue weighted by Gasteiger charge is -2.07. The van der Waals surface area contributed by atoms with Crippen LogP contribution in [0.4, 0.5) is 5.69 Å². The minimum Gasteiger partial charge on any atom is -0.478 e. The zero-order valence-electron chi connectivity index (χ0n) is 11.6. The van der Waals surface area contributed by atoms with Gasteiger partial charge in [-0.3, -0.25) is 4.79 Å². The van der Waals surface area contributed by atoms with Crippen molar-refractivity contribution in [3.05, 3.63) is 49.6 Å². The van der Waals surface area contributed by atoms with E-state index in [9.17, 15) is 9.59 Å². The Morgan fingerprint density at radius 3 is 2.57 bits per heavy atom. The molecule has 2 N–H and O–H groups in total. The molecule has 0 spiro atoms. The third kappa shape index (κ3) is 3.51. The number of rotatable bonds is 4. The Hall–Kier alpha value is -1.66. The minimum atomic E-state index is -1.00. The Labute approximate surface area is 134 Å². The molecule has 2 aromatic rings. The molecular formula is C15H14BrNO3S. The summed E-state index contributed by atoms with van der Waals surface area (Å²) < 4.78 is 0.541. The topological polar surface area (TPSA) is 66.4 Å². The number of amides is 1. The highest BCUT2D eigenvalue weighted by molar-refractivity contribution is 9.10. The number of carboxylic acid groups (broad SMARTS) is 1. The van der Waals surface area contributed by atoms with Crippen LogP contribution in [0.15, 0.2) is 28.7 Å². The molecule has 21 heavy (non-hydrogen) atoms. The molecule has 0 aliphatic carbocycles. The summed E-state index contributed by atoms with van der Waals surface area (Å²) in [6, 6.07) is 6.40. The lowest BCUT2D eigenvalue weighted by Crippen LogP contribution is -2.11. The molecule has 1 aromatic carbocycles. The van der Waals surface area contributed by atoms with Gasteiger partial charge in [0.05, 0.1) is 16.1 Å². The number of anilines is 1. The Kier molecular flexibility index (Phi) is 4.80. The van der Waals surface area contributed by atoms with Crippen molar-refractivity contribution in [3.63, 3.8) is 0 Å². The van der Waals surface area contributed by atoms with E-state index in [1.54, 1.807) is 6.07 Å². The lowest BCUT2D eigenvalue weighted by molar-refractivity contribution is 0.0696. The SMILES string of the molecule is CCc1cc(C(=O)Nc2ccc(C(=O)O)cc2Br)sc1C. The number of hydrogen-bond acceptors (Lipinski definition) is 3. The van der Waals surface area contributed by atoms with Crippen LogP contribution in [0.5, 0.6) is 0 Å². The lowest BCUT2D eigenvalue weighted by atomic mass is 10.2. The summed E-state index contributed by atoms with van der Waals surface area (Å²) >= 11 is 4.73. The molecule has 0 aliphatic heterocycles. The normalized spacial score (nSPS) is 10.4. The van der Waals surface area contributed by atoms with Gasteiger partial charge in [0.1, 0.15) is 0 Å². The molecule has 0 atom stereocenters. The molecule has 1 heterocycles. The van der Waals surface area contributed by atoms with E-state index in [4.69, 9.17) is 5.11 Å². The second kappa shape index (κ2) is 6.41. The second-order valence-corrected chi connectivity index (χ2v) is 6.61. The quantitative estimate of drug-likeness (QED) is 0.844. The highest BCUT2D eigenvalue weighted by Crippen LogP contribution is 2.27. The van der Waals surface area contributed by atoms with Crippen molar-refractivity contribution in [1.82, 2.24) is 0 Å². The molecular weight excluding hydrogens is 354 g/mol. The number of thiophene rings is 1. The molecule has 0 saturated heterocycles. The van der Waals surface area contributed by atoms with Crippen molar-refractivity contribution in [1.29, 1.82) is 0 Å². The molecule has 0 aliphatic rings. The number of halogens is 1. The molecule has 0 unspecified atom stereocenters. The zero-order chi connectivity index (χ0) is 15.6. The summed E-state index contributed by atoms with van der Waals surface area (Å²) in [6.45, 7) is 4.05. The molecule has 0 fully saturated rings. The number of nitrogens with one attached hydrogen (secondary N) is 1. The maximum atomic E-state index is 12.2. The number of carbonyl (C=O) groups is 2. The third-order valence-corrected chi connectivity index (χ3v) is 4.84. The zero-order valence-corrected chi connectivity index (χ0v) is 14.0. The average molecular weight is 368 g/mol. The van der Waals surface area contributed by atoms with Gasteiger partial charge >= 0.3 is 5.97 Å². The molecule has 0 bridgehead atoms. The largest absolute Gasteiger partial charge is 0.478 e. The van der Waals surface area contributed by atoms with Crippen molar-refractivity contribution < 1.29 is 14.7 Å². The van der Waals surface area contributed by atoms with Gasteiger partial charge in [0.2, 0.25) is 0 Å². The predicted octanol–water partition coefficient (Wildman–Crippen LogP) is 4.33. The van der Waals surface area contributed by atoms with Crippen LogP contribution < -0.4 is 5.32 Å². The summed E-state index contributed by atoms with van der Waals surface area (Å²) in [4.78, 5) is 24.9. The minimum absolute atomic E-state index is 0.167. The van der Waals surface area contributed by atoms with Crippen LogP contribution in [0.3, 0.4) is 0 Å². The molecule has 1 aromatic heterocycles. The number of aryl methyl sites for hydroxylation is 2. The first-order valence-electron chi connectivity index (χ1n) is 6.36. The van der Waals surface area contributed by atoms with E-state index in [-0.39, 0.29) is 11.5 Å². The van der Waals surface area contributed by atoms with Crippen molar-refractivity contribution >= 4 is 44.8 Å². The van der Waals surface area contributed by atoms with E-state index >= 15 is 0 Å². The standard InChI is InChI=1S/C15H14BrNO3S/c1-3-9-7-13(21-8(9)2)14(18)17-12-5-4-10(15(19)20)6-11(12)16/h4-7H,3H2,1-2H3,(H,17,18)(H,19,20). The van der Waals surface area contributed by atoms with Gasteiger partial charge in [0, 0.05) is 9.35 Å². The Morgan fingerprint density at radius 1 is 1.33 bits per heavy atom. The molecule has 6 heteroatoms. The fraction of sp³-hybridized carbons (Fsp3) is 0.200. The van der Waals surface area contributed by atoms with Crippen molar-refractivity contribution in [2.45, 2.75) is 20.3 Å². The van der Waals surface area contributed by atoms with E-state index in [1.807, 2.05) is 13.0 Å². The predicted molar refractivity (Wildman–Crippen MR) is 87.5 cm³/mol. The summed E-state index contributed by atoms with van der Waals surface area (Å²) in [5.74, 6) is -1.19. The fourth-order valence-corrected chi connectivity index (χ4v) is 3.40. The van der Waals surface area contributed by atoms with Crippen molar-refractivity contribution in [2.75, 3.05) is 5.32 Å². The van der Waals surface area contributed by atoms with Crippen molar-refractivity contribution in [2.24, 2.45) is 0 Å². The van der Waals surface area contributed by atoms with Crippen LogP contribution >= 0.6 is 27.3 Å². The van der Waals surface area contributed by atoms with Gasteiger partial charge < -0.3 is 10.4 Å². The Morgan fingerprint density at radius 2 is 2.05 bits per heavy atom. The van der Waals surface area contributed by atoms with E-state index < -0.39 is 5.97 Å². The van der Waals surface area contributed by atoms with Gasteiger partial charge in [-0.25, -0.2) is 4.79 Å². The first-order chi connectivity index (χ1) is 9.92. The van der Waals surface area contributed by atoms with E-state index in [0.29, 0.717) is 15.0 Å². The number of hydrogen-bond donors (Lipinski definition) is 2.